The summed E-state index contributed by atoms with van der Waals surface area (Å²) < 4.78 is 8.82. The summed E-state index contributed by atoms with van der Waals surface area (Å²) in [5.74, 6) is 0. The van der Waals surface area contributed by atoms with Crippen molar-refractivity contribution in [3.8, 4) is 50.7 Å². The maximum absolute atomic E-state index is 6.47. The average Bonchev–Trinajstić information content (AvgIpc) is 3.74. The highest BCUT2D eigenvalue weighted by molar-refractivity contribution is 6.14. The van der Waals surface area contributed by atoms with E-state index in [2.05, 4.69) is 130 Å². The summed E-state index contributed by atoms with van der Waals surface area (Å²) in [6.45, 7) is 0. The summed E-state index contributed by atoms with van der Waals surface area (Å²) in [6, 6.07) is 54.8. The maximum atomic E-state index is 6.47. The summed E-state index contributed by atoms with van der Waals surface area (Å²) in [5.41, 5.74) is 12.8. The van der Waals surface area contributed by atoms with E-state index in [1.807, 2.05) is 42.5 Å². The SMILES string of the molecule is c1ccc(-n2c3ccccc3c3cc(-c4ccc5oc6cccc(-c7cc(-c8ccccn8)nc(-c8ccccn8)c7)c6c5c4)ccc32)cc1. The standard InChI is InChI=1S/C45H28N4O/c1-2-11-32(12-3-1)49-41-17-5-4-13-34(41)35-25-29(19-21-42(35)49)30-20-22-43-36(26-30)45-33(14-10-18-44(45)50-43)31-27-39(37-15-6-8-23-46-37)48-40(28-31)38-16-7-9-24-47-38/h1-28H. The van der Waals surface area contributed by atoms with Crippen LogP contribution in [-0.2, 0) is 0 Å². The van der Waals surface area contributed by atoms with Crippen molar-refractivity contribution in [3.05, 3.63) is 170 Å². The molecule has 10 aromatic rings. The lowest BCUT2D eigenvalue weighted by Crippen LogP contribution is -1.94. The molecule has 234 valence electrons. The number of rotatable bonds is 5. The van der Waals surface area contributed by atoms with Crippen molar-refractivity contribution in [2.24, 2.45) is 0 Å². The molecule has 10 rings (SSSR count). The van der Waals surface area contributed by atoms with Crippen LogP contribution in [0.5, 0.6) is 0 Å². The molecule has 0 radical (unpaired) electrons. The Bertz CT molecular complexity index is 2800. The van der Waals surface area contributed by atoms with E-state index in [0.717, 1.165) is 72.7 Å². The largest absolute Gasteiger partial charge is 0.456 e. The van der Waals surface area contributed by atoms with Crippen molar-refractivity contribution in [3.63, 3.8) is 0 Å². The van der Waals surface area contributed by atoms with Gasteiger partial charge in [-0.2, -0.15) is 0 Å². The molecular formula is C45H28N4O. The minimum absolute atomic E-state index is 0.789. The van der Waals surface area contributed by atoms with Crippen LogP contribution < -0.4 is 0 Å². The monoisotopic (exact) mass is 640 g/mol. The van der Waals surface area contributed by atoms with Crippen molar-refractivity contribution < 1.29 is 4.42 Å². The first-order valence-corrected chi connectivity index (χ1v) is 16.7. The molecule has 0 fully saturated rings. The Balaban J connectivity index is 1.16. The van der Waals surface area contributed by atoms with Crippen LogP contribution in [-0.4, -0.2) is 19.5 Å². The number of pyridine rings is 3. The second-order valence-corrected chi connectivity index (χ2v) is 12.5. The Morgan fingerprint density at radius 2 is 1.08 bits per heavy atom. The van der Waals surface area contributed by atoms with Crippen molar-refractivity contribution in [1.82, 2.24) is 19.5 Å². The van der Waals surface area contributed by atoms with Crippen LogP contribution in [0.1, 0.15) is 0 Å². The normalized spacial score (nSPS) is 11.6. The van der Waals surface area contributed by atoms with Crippen LogP contribution in [0.2, 0.25) is 0 Å². The zero-order valence-corrected chi connectivity index (χ0v) is 26.9. The third-order valence-electron chi connectivity index (χ3n) is 9.51. The molecule has 0 aliphatic carbocycles. The van der Waals surface area contributed by atoms with Gasteiger partial charge in [-0.1, -0.05) is 72.8 Å². The third kappa shape index (κ3) is 4.60. The summed E-state index contributed by atoms with van der Waals surface area (Å²) in [6.07, 6.45) is 3.60. The molecule has 50 heavy (non-hydrogen) atoms. The zero-order chi connectivity index (χ0) is 33.0. The number of hydrogen-bond acceptors (Lipinski definition) is 4. The lowest BCUT2D eigenvalue weighted by atomic mass is 9.96. The first-order valence-electron chi connectivity index (χ1n) is 16.7. The smallest absolute Gasteiger partial charge is 0.136 e. The van der Waals surface area contributed by atoms with Gasteiger partial charge in [0.25, 0.3) is 0 Å². The number of para-hydroxylation sites is 2. The number of hydrogen-bond donors (Lipinski definition) is 0. The Kier molecular flexibility index (Phi) is 6.42. The van der Waals surface area contributed by atoms with Gasteiger partial charge >= 0.3 is 0 Å². The van der Waals surface area contributed by atoms with Crippen LogP contribution in [0.3, 0.4) is 0 Å². The van der Waals surface area contributed by atoms with Gasteiger partial charge in [0.2, 0.25) is 0 Å². The van der Waals surface area contributed by atoms with Gasteiger partial charge in [0.15, 0.2) is 0 Å². The quantitative estimate of drug-likeness (QED) is 0.188. The number of aromatic nitrogens is 4. The van der Waals surface area contributed by atoms with Gasteiger partial charge in [0, 0.05) is 39.6 Å². The molecule has 0 unspecified atom stereocenters. The van der Waals surface area contributed by atoms with E-state index in [9.17, 15) is 0 Å². The van der Waals surface area contributed by atoms with Crippen molar-refractivity contribution in [2.45, 2.75) is 0 Å². The topological polar surface area (TPSA) is 56.7 Å². The number of fused-ring (bicyclic) bond motifs is 6. The molecule has 5 nitrogen and oxygen atoms in total. The van der Waals surface area contributed by atoms with Crippen LogP contribution in [0.25, 0.3) is 94.5 Å². The molecule has 5 heteroatoms. The van der Waals surface area contributed by atoms with Gasteiger partial charge in [0.1, 0.15) is 11.2 Å². The fourth-order valence-corrected chi connectivity index (χ4v) is 7.23. The molecule has 5 heterocycles. The number of benzene rings is 5. The molecule has 0 spiro atoms. The van der Waals surface area contributed by atoms with E-state index >= 15 is 0 Å². The van der Waals surface area contributed by atoms with Crippen molar-refractivity contribution in [2.75, 3.05) is 0 Å². The van der Waals surface area contributed by atoms with Gasteiger partial charge in [-0.3, -0.25) is 9.97 Å². The van der Waals surface area contributed by atoms with E-state index in [4.69, 9.17) is 9.40 Å². The summed E-state index contributed by atoms with van der Waals surface area (Å²) in [7, 11) is 0. The molecule has 0 bridgehead atoms. The first-order chi connectivity index (χ1) is 24.8. The molecule has 0 N–H and O–H groups in total. The first kappa shape index (κ1) is 28.2. The molecule has 0 saturated heterocycles. The summed E-state index contributed by atoms with van der Waals surface area (Å²) >= 11 is 0. The predicted molar refractivity (Wildman–Crippen MR) is 203 cm³/mol. The predicted octanol–water partition coefficient (Wildman–Crippen LogP) is 11.5. The average molecular weight is 641 g/mol. The van der Waals surface area contributed by atoms with Crippen molar-refractivity contribution in [1.29, 1.82) is 0 Å². The fourth-order valence-electron chi connectivity index (χ4n) is 7.23. The van der Waals surface area contributed by atoms with Crippen molar-refractivity contribution >= 4 is 43.7 Å². The fraction of sp³-hybridized carbons (Fsp3) is 0. The lowest BCUT2D eigenvalue weighted by Gasteiger charge is -2.10. The number of nitrogens with zero attached hydrogens (tertiary/aromatic N) is 4. The Morgan fingerprint density at radius 1 is 0.420 bits per heavy atom. The van der Waals surface area contributed by atoms with Crippen LogP contribution >= 0.6 is 0 Å². The Morgan fingerprint density at radius 3 is 1.82 bits per heavy atom. The second kappa shape index (κ2) is 11.4. The molecule has 0 aliphatic heterocycles. The van der Waals surface area contributed by atoms with E-state index in [1.165, 1.54) is 21.8 Å². The van der Waals surface area contributed by atoms with Crippen LogP contribution in [0, 0.1) is 0 Å². The highest BCUT2D eigenvalue weighted by Crippen LogP contribution is 2.41. The highest BCUT2D eigenvalue weighted by atomic mass is 16.3. The summed E-state index contributed by atoms with van der Waals surface area (Å²) in [5, 5.41) is 4.59. The molecular weight excluding hydrogens is 613 g/mol. The van der Waals surface area contributed by atoms with Gasteiger partial charge in [-0.15, -0.1) is 0 Å². The molecule has 0 saturated carbocycles. The van der Waals surface area contributed by atoms with E-state index in [1.54, 1.807) is 12.4 Å². The highest BCUT2D eigenvalue weighted by Gasteiger charge is 2.18. The number of furan rings is 1. The van der Waals surface area contributed by atoms with E-state index < -0.39 is 0 Å². The van der Waals surface area contributed by atoms with E-state index in [-0.39, 0.29) is 0 Å². The molecule has 0 aliphatic rings. The molecule has 0 atom stereocenters. The Labute approximate surface area is 287 Å². The molecule has 0 amide bonds. The Hall–Kier alpha value is -6.85. The minimum atomic E-state index is 0.789. The maximum Gasteiger partial charge on any atom is 0.136 e. The minimum Gasteiger partial charge on any atom is -0.456 e. The van der Waals surface area contributed by atoms with Gasteiger partial charge in [0.05, 0.1) is 33.8 Å². The molecule has 5 aromatic heterocycles. The van der Waals surface area contributed by atoms with Crippen LogP contribution in [0.4, 0.5) is 0 Å². The van der Waals surface area contributed by atoms with Gasteiger partial charge < -0.3 is 8.98 Å². The van der Waals surface area contributed by atoms with Gasteiger partial charge in [-0.05, 0) is 107 Å². The van der Waals surface area contributed by atoms with Crippen LogP contribution in [0.15, 0.2) is 175 Å². The summed E-state index contributed by atoms with van der Waals surface area (Å²) in [4.78, 5) is 14.2. The lowest BCUT2D eigenvalue weighted by molar-refractivity contribution is 0.669. The third-order valence-corrected chi connectivity index (χ3v) is 9.51. The zero-order valence-electron chi connectivity index (χ0n) is 26.9. The molecule has 5 aromatic carbocycles. The second-order valence-electron chi connectivity index (χ2n) is 12.5. The van der Waals surface area contributed by atoms with E-state index in [0.29, 0.717) is 0 Å². The van der Waals surface area contributed by atoms with Gasteiger partial charge in [-0.25, -0.2) is 4.98 Å².